The first-order valence-electron chi connectivity index (χ1n) is 11.3. The number of nitrogens with zero attached hydrogens (tertiary/aromatic N) is 1. The van der Waals surface area contributed by atoms with E-state index in [9.17, 15) is 0 Å². The molecule has 3 heteroatoms. The molecule has 0 saturated carbocycles. The van der Waals surface area contributed by atoms with Crippen LogP contribution in [-0.4, -0.2) is 5.84 Å². The van der Waals surface area contributed by atoms with Gasteiger partial charge in [-0.25, -0.2) is 4.99 Å². The smallest absolute Gasteiger partial charge is 0.131 e. The summed E-state index contributed by atoms with van der Waals surface area (Å²) < 4.78 is 2.57. The Morgan fingerprint density at radius 2 is 1.52 bits per heavy atom. The van der Waals surface area contributed by atoms with E-state index in [-0.39, 0.29) is 0 Å². The highest BCUT2D eigenvalue weighted by Gasteiger charge is 2.09. The molecule has 2 N–H and O–H groups in total. The van der Waals surface area contributed by atoms with Gasteiger partial charge in [0.2, 0.25) is 0 Å². The third-order valence-electron chi connectivity index (χ3n) is 5.92. The molecule has 0 spiro atoms. The van der Waals surface area contributed by atoms with Crippen LogP contribution in [0.15, 0.2) is 108 Å². The lowest BCUT2D eigenvalue weighted by Crippen LogP contribution is -2.13. The van der Waals surface area contributed by atoms with Gasteiger partial charge in [-0.05, 0) is 42.2 Å². The van der Waals surface area contributed by atoms with Crippen LogP contribution in [0.3, 0.4) is 0 Å². The van der Waals surface area contributed by atoms with Gasteiger partial charge in [-0.1, -0.05) is 91.9 Å². The van der Waals surface area contributed by atoms with E-state index in [1.807, 2.05) is 29.5 Å². The third-order valence-corrected chi connectivity index (χ3v) is 7.05. The van der Waals surface area contributed by atoms with Gasteiger partial charge in [-0.3, -0.25) is 0 Å². The minimum atomic E-state index is 0.543. The molecule has 1 aromatic heterocycles. The van der Waals surface area contributed by atoms with Gasteiger partial charge in [0.05, 0.1) is 5.70 Å². The van der Waals surface area contributed by atoms with Gasteiger partial charge in [0.1, 0.15) is 5.84 Å². The summed E-state index contributed by atoms with van der Waals surface area (Å²) in [5.74, 6) is 0.543. The normalized spacial score (nSPS) is 12.5. The van der Waals surface area contributed by atoms with Crippen molar-refractivity contribution in [1.29, 1.82) is 0 Å². The number of allylic oxidation sites excluding steroid dienone is 1. The predicted molar refractivity (Wildman–Crippen MR) is 144 cm³/mol. The summed E-state index contributed by atoms with van der Waals surface area (Å²) in [6, 6.07) is 34.0. The monoisotopic (exact) mass is 446 g/mol. The molecule has 5 aromatic rings. The van der Waals surface area contributed by atoms with Crippen molar-refractivity contribution in [2.24, 2.45) is 10.7 Å². The molecule has 0 fully saturated rings. The quantitative estimate of drug-likeness (QED) is 0.212. The van der Waals surface area contributed by atoms with Crippen LogP contribution in [0.2, 0.25) is 0 Å². The van der Waals surface area contributed by atoms with E-state index in [0.29, 0.717) is 5.84 Å². The zero-order valence-corrected chi connectivity index (χ0v) is 19.5. The predicted octanol–water partition coefficient (Wildman–Crippen LogP) is 7.61. The van der Waals surface area contributed by atoms with E-state index in [1.165, 1.54) is 31.3 Å². The fourth-order valence-electron chi connectivity index (χ4n) is 4.09. The second-order valence-electron chi connectivity index (χ2n) is 8.14. The van der Waals surface area contributed by atoms with E-state index in [1.54, 1.807) is 0 Å². The molecule has 0 radical (unpaired) electrons. The van der Waals surface area contributed by atoms with Crippen molar-refractivity contribution in [3.63, 3.8) is 0 Å². The molecule has 0 atom stereocenters. The lowest BCUT2D eigenvalue weighted by atomic mass is 10.0. The summed E-state index contributed by atoms with van der Waals surface area (Å²) in [7, 11) is 0. The molecule has 0 saturated heterocycles. The molecule has 0 aliphatic rings. The van der Waals surface area contributed by atoms with Crippen molar-refractivity contribution < 1.29 is 0 Å². The van der Waals surface area contributed by atoms with E-state index in [2.05, 4.69) is 91.9 Å². The molecule has 0 unspecified atom stereocenters. The largest absolute Gasteiger partial charge is 0.383 e. The molecule has 0 amide bonds. The second kappa shape index (κ2) is 9.43. The molecular weight excluding hydrogens is 420 g/mol. The highest BCUT2D eigenvalue weighted by atomic mass is 32.1. The number of hydrogen-bond acceptors (Lipinski definition) is 2. The summed E-state index contributed by atoms with van der Waals surface area (Å²) in [6.45, 7) is 2.15. The summed E-state index contributed by atoms with van der Waals surface area (Å²) in [5.41, 5.74) is 12.0. The zero-order chi connectivity index (χ0) is 22.6. The highest BCUT2D eigenvalue weighted by Crippen LogP contribution is 2.35. The Bertz CT molecular complexity index is 1480. The van der Waals surface area contributed by atoms with Crippen LogP contribution in [0.5, 0.6) is 0 Å². The minimum absolute atomic E-state index is 0.543. The topological polar surface area (TPSA) is 38.4 Å². The van der Waals surface area contributed by atoms with Crippen LogP contribution in [0, 0.1) is 0 Å². The van der Waals surface area contributed by atoms with Crippen molar-refractivity contribution >= 4 is 43.0 Å². The minimum Gasteiger partial charge on any atom is -0.383 e. The Balaban J connectivity index is 1.59. The first-order valence-corrected chi connectivity index (χ1v) is 12.1. The molecular formula is C30H26N2S. The van der Waals surface area contributed by atoms with E-state index < -0.39 is 0 Å². The fraction of sp³-hybridized carbons (Fsp3) is 0.100. The number of nitrogens with two attached hydrogens (primary N) is 1. The standard InChI is InChI=1S/C30H26N2S/c1-2-21-11-8-12-24(19-21)30(31)32-27(18-15-22-9-4-3-5-10-22)23-16-17-26-25-13-6-7-14-28(25)33-29(26)20-23/h3-14,16-20H,2,15H2,1H3,(H2,31,32)/b27-18-. The average molecular weight is 447 g/mol. The number of amidine groups is 1. The first kappa shape index (κ1) is 21.2. The SMILES string of the molecule is CCc1cccc(C(N)=N/C(=C\Cc2ccccc2)c2ccc3c(c2)sc2ccccc23)c1. The van der Waals surface area contributed by atoms with Gasteiger partial charge in [-0.15, -0.1) is 11.3 Å². The van der Waals surface area contributed by atoms with Crippen molar-refractivity contribution in [1.82, 2.24) is 0 Å². The number of thiophene rings is 1. The third kappa shape index (κ3) is 4.59. The van der Waals surface area contributed by atoms with Crippen LogP contribution in [0.25, 0.3) is 25.9 Å². The van der Waals surface area contributed by atoms with Gasteiger partial charge in [0, 0.05) is 31.3 Å². The van der Waals surface area contributed by atoms with E-state index in [4.69, 9.17) is 10.7 Å². The molecule has 162 valence electrons. The number of rotatable bonds is 6. The summed E-state index contributed by atoms with van der Waals surface area (Å²) in [5, 5.41) is 2.59. The Kier molecular flexibility index (Phi) is 6.05. The number of aryl methyl sites for hydroxylation is 1. The van der Waals surface area contributed by atoms with Crippen molar-refractivity contribution in [2.45, 2.75) is 19.8 Å². The molecule has 5 rings (SSSR count). The molecule has 33 heavy (non-hydrogen) atoms. The Morgan fingerprint density at radius 1 is 0.758 bits per heavy atom. The van der Waals surface area contributed by atoms with Gasteiger partial charge in [-0.2, -0.15) is 0 Å². The molecule has 0 aliphatic heterocycles. The van der Waals surface area contributed by atoms with Gasteiger partial charge in [0.15, 0.2) is 0 Å². The van der Waals surface area contributed by atoms with E-state index in [0.717, 1.165) is 29.7 Å². The van der Waals surface area contributed by atoms with Crippen LogP contribution in [0.4, 0.5) is 0 Å². The highest BCUT2D eigenvalue weighted by molar-refractivity contribution is 7.25. The van der Waals surface area contributed by atoms with Gasteiger partial charge < -0.3 is 5.73 Å². The summed E-state index contributed by atoms with van der Waals surface area (Å²) >= 11 is 1.82. The molecule has 4 aromatic carbocycles. The average Bonchev–Trinajstić information content (AvgIpc) is 3.25. The number of fused-ring (bicyclic) bond motifs is 3. The van der Waals surface area contributed by atoms with Gasteiger partial charge >= 0.3 is 0 Å². The van der Waals surface area contributed by atoms with Crippen LogP contribution in [0.1, 0.15) is 29.2 Å². The Morgan fingerprint density at radius 3 is 2.36 bits per heavy atom. The maximum Gasteiger partial charge on any atom is 0.131 e. The zero-order valence-electron chi connectivity index (χ0n) is 18.7. The maximum atomic E-state index is 6.51. The second-order valence-corrected chi connectivity index (χ2v) is 9.22. The molecule has 1 heterocycles. The van der Waals surface area contributed by atoms with Crippen molar-refractivity contribution in [3.8, 4) is 0 Å². The van der Waals surface area contributed by atoms with Crippen molar-refractivity contribution in [3.05, 3.63) is 125 Å². The van der Waals surface area contributed by atoms with Crippen LogP contribution in [-0.2, 0) is 12.8 Å². The summed E-state index contributed by atoms with van der Waals surface area (Å²) in [4.78, 5) is 4.93. The summed E-state index contributed by atoms with van der Waals surface area (Å²) in [6.07, 6.45) is 3.95. The lowest BCUT2D eigenvalue weighted by molar-refractivity contribution is 1.14. The molecule has 0 bridgehead atoms. The number of benzene rings is 4. The maximum absolute atomic E-state index is 6.51. The van der Waals surface area contributed by atoms with Crippen LogP contribution < -0.4 is 5.73 Å². The van der Waals surface area contributed by atoms with E-state index >= 15 is 0 Å². The fourth-order valence-corrected chi connectivity index (χ4v) is 5.23. The number of aliphatic imine (C=N–C) groups is 1. The number of hydrogen-bond donors (Lipinski definition) is 1. The molecule has 0 aliphatic carbocycles. The molecule has 2 nitrogen and oxygen atoms in total. The first-order chi connectivity index (χ1) is 16.2. The Hall–Kier alpha value is -3.69. The lowest BCUT2D eigenvalue weighted by Gasteiger charge is -2.08. The van der Waals surface area contributed by atoms with Crippen LogP contribution >= 0.6 is 11.3 Å². The van der Waals surface area contributed by atoms with Gasteiger partial charge in [0.25, 0.3) is 0 Å². The Labute approximate surface area is 198 Å². The van der Waals surface area contributed by atoms with Crippen molar-refractivity contribution in [2.75, 3.05) is 0 Å².